The first-order chi connectivity index (χ1) is 9.81. The molecule has 0 aliphatic rings. The summed E-state index contributed by atoms with van der Waals surface area (Å²) in [5.41, 5.74) is 2.74. The summed E-state index contributed by atoms with van der Waals surface area (Å²) in [6, 6.07) is 5.64. The number of Topliss-reactive ketones (excluding diaryl/α,β-unsaturated/α-hetero) is 1. The van der Waals surface area contributed by atoms with Crippen LogP contribution in [0.4, 0.5) is 0 Å². The van der Waals surface area contributed by atoms with Crippen molar-refractivity contribution in [2.45, 2.75) is 39.5 Å². The minimum atomic E-state index is 0.0132. The molecule has 0 N–H and O–H groups in total. The zero-order valence-electron chi connectivity index (χ0n) is 13.2. The van der Waals surface area contributed by atoms with E-state index < -0.39 is 0 Å². The number of ketones is 1. The maximum absolute atomic E-state index is 12.5. The molecule has 112 valence electrons. The molecule has 0 aliphatic carbocycles. The van der Waals surface area contributed by atoms with Gasteiger partial charge in [0.25, 0.3) is 0 Å². The molecule has 0 unspecified atom stereocenters. The predicted molar refractivity (Wildman–Crippen MR) is 86.6 cm³/mol. The number of aromatic nitrogens is 1. The lowest BCUT2D eigenvalue weighted by Crippen LogP contribution is -2.12. The van der Waals surface area contributed by atoms with Gasteiger partial charge in [-0.2, -0.15) is 0 Å². The molecular formula is C17H21NO2S. The number of carbonyl (C=O) groups excluding carboxylic acids is 1. The molecule has 1 aromatic carbocycles. The highest BCUT2D eigenvalue weighted by molar-refractivity contribution is 7.09. The summed E-state index contributed by atoms with van der Waals surface area (Å²) in [5, 5.41) is 2.89. The van der Waals surface area contributed by atoms with E-state index in [0.29, 0.717) is 17.7 Å². The molecule has 3 nitrogen and oxygen atoms in total. The SMILES string of the molecule is COc1cc(C)ccc1C(=O)Cc1nc(C(C)(C)C)cs1. The van der Waals surface area contributed by atoms with E-state index in [1.165, 1.54) is 0 Å². The number of carbonyl (C=O) groups is 1. The van der Waals surface area contributed by atoms with Crippen molar-refractivity contribution in [1.29, 1.82) is 0 Å². The van der Waals surface area contributed by atoms with Crippen LogP contribution < -0.4 is 4.74 Å². The number of aryl methyl sites for hydroxylation is 1. The van der Waals surface area contributed by atoms with Gasteiger partial charge in [0.1, 0.15) is 10.8 Å². The van der Waals surface area contributed by atoms with E-state index >= 15 is 0 Å². The van der Waals surface area contributed by atoms with Crippen LogP contribution in [-0.2, 0) is 11.8 Å². The highest BCUT2D eigenvalue weighted by Gasteiger charge is 2.19. The van der Waals surface area contributed by atoms with Crippen LogP contribution in [0.1, 0.15) is 47.4 Å². The van der Waals surface area contributed by atoms with Crippen molar-refractivity contribution in [2.24, 2.45) is 0 Å². The van der Waals surface area contributed by atoms with Crippen LogP contribution in [-0.4, -0.2) is 17.9 Å². The second-order valence-electron chi connectivity index (χ2n) is 6.18. The number of ether oxygens (including phenoxy) is 1. The summed E-state index contributed by atoms with van der Waals surface area (Å²) in [7, 11) is 1.59. The standard InChI is InChI=1S/C17H21NO2S/c1-11-6-7-12(14(8-11)20-5)13(19)9-16-18-15(10-21-16)17(2,3)4/h6-8,10H,9H2,1-5H3. The molecule has 0 saturated heterocycles. The Morgan fingerprint density at radius 2 is 2.05 bits per heavy atom. The monoisotopic (exact) mass is 303 g/mol. The Morgan fingerprint density at radius 1 is 1.33 bits per heavy atom. The summed E-state index contributed by atoms with van der Waals surface area (Å²) in [4.78, 5) is 17.0. The van der Waals surface area contributed by atoms with E-state index in [0.717, 1.165) is 16.3 Å². The molecule has 0 bridgehead atoms. The molecule has 0 saturated carbocycles. The quantitative estimate of drug-likeness (QED) is 0.795. The Morgan fingerprint density at radius 3 is 2.62 bits per heavy atom. The summed E-state index contributed by atoms with van der Waals surface area (Å²) in [6.07, 6.45) is 0.320. The molecule has 0 spiro atoms. The van der Waals surface area contributed by atoms with Gasteiger partial charge in [0.15, 0.2) is 5.78 Å². The first kappa shape index (κ1) is 15.7. The van der Waals surface area contributed by atoms with Crippen LogP contribution in [0.15, 0.2) is 23.6 Å². The van der Waals surface area contributed by atoms with E-state index in [9.17, 15) is 4.79 Å². The molecule has 0 aliphatic heterocycles. The van der Waals surface area contributed by atoms with Gasteiger partial charge in [0.2, 0.25) is 0 Å². The van der Waals surface area contributed by atoms with Crippen molar-refractivity contribution in [3.8, 4) is 5.75 Å². The summed E-state index contributed by atoms with van der Waals surface area (Å²) in [6.45, 7) is 8.34. The van der Waals surface area contributed by atoms with Gasteiger partial charge in [-0.3, -0.25) is 4.79 Å². The van der Waals surface area contributed by atoms with Crippen molar-refractivity contribution < 1.29 is 9.53 Å². The Bertz CT molecular complexity index is 653. The second kappa shape index (κ2) is 5.98. The highest BCUT2D eigenvalue weighted by Crippen LogP contribution is 2.26. The summed E-state index contributed by atoms with van der Waals surface area (Å²) in [5.74, 6) is 0.675. The minimum absolute atomic E-state index is 0.0132. The van der Waals surface area contributed by atoms with Crippen molar-refractivity contribution in [3.05, 3.63) is 45.4 Å². The van der Waals surface area contributed by atoms with Gasteiger partial charge in [-0.25, -0.2) is 4.98 Å². The highest BCUT2D eigenvalue weighted by atomic mass is 32.1. The molecular weight excluding hydrogens is 282 g/mol. The molecule has 0 amide bonds. The third-order valence-corrected chi connectivity index (χ3v) is 4.14. The van der Waals surface area contributed by atoms with Gasteiger partial charge in [0.05, 0.1) is 24.8 Å². The average Bonchev–Trinajstić information content (AvgIpc) is 2.86. The van der Waals surface area contributed by atoms with Gasteiger partial charge >= 0.3 is 0 Å². The number of methoxy groups -OCH3 is 1. The van der Waals surface area contributed by atoms with Gasteiger partial charge < -0.3 is 4.74 Å². The maximum Gasteiger partial charge on any atom is 0.173 e. The molecule has 1 heterocycles. The fourth-order valence-corrected chi connectivity index (χ4v) is 3.02. The third kappa shape index (κ3) is 3.70. The molecule has 21 heavy (non-hydrogen) atoms. The summed E-state index contributed by atoms with van der Waals surface area (Å²) >= 11 is 1.54. The topological polar surface area (TPSA) is 39.2 Å². The Kier molecular flexibility index (Phi) is 4.47. The van der Waals surface area contributed by atoms with Gasteiger partial charge in [-0.15, -0.1) is 11.3 Å². The first-order valence-electron chi connectivity index (χ1n) is 6.94. The number of benzene rings is 1. The van der Waals surface area contributed by atoms with E-state index in [1.807, 2.05) is 30.5 Å². The second-order valence-corrected chi connectivity index (χ2v) is 7.12. The zero-order valence-corrected chi connectivity index (χ0v) is 14.0. The first-order valence-corrected chi connectivity index (χ1v) is 7.82. The van der Waals surface area contributed by atoms with Crippen molar-refractivity contribution in [2.75, 3.05) is 7.11 Å². The van der Waals surface area contributed by atoms with Crippen LogP contribution in [0.2, 0.25) is 0 Å². The predicted octanol–water partition coefficient (Wildman–Crippen LogP) is 4.18. The number of nitrogens with zero attached hydrogens (tertiary/aromatic N) is 1. The number of hydrogen-bond acceptors (Lipinski definition) is 4. The van der Waals surface area contributed by atoms with E-state index in [4.69, 9.17) is 4.74 Å². The Balaban J connectivity index is 2.20. The number of rotatable bonds is 4. The summed E-state index contributed by atoms with van der Waals surface area (Å²) < 4.78 is 5.31. The molecule has 0 fully saturated rings. The lowest BCUT2D eigenvalue weighted by molar-refractivity contribution is 0.0990. The van der Waals surface area contributed by atoms with Crippen LogP contribution >= 0.6 is 11.3 Å². The Hall–Kier alpha value is -1.68. The number of thiazole rings is 1. The average molecular weight is 303 g/mol. The van der Waals surface area contributed by atoms with E-state index in [2.05, 4.69) is 25.8 Å². The van der Waals surface area contributed by atoms with Crippen LogP contribution in [0, 0.1) is 6.92 Å². The van der Waals surface area contributed by atoms with Crippen molar-refractivity contribution in [3.63, 3.8) is 0 Å². The molecule has 4 heteroatoms. The lowest BCUT2D eigenvalue weighted by atomic mass is 9.93. The van der Waals surface area contributed by atoms with Crippen LogP contribution in [0.25, 0.3) is 0 Å². The normalized spacial score (nSPS) is 11.5. The number of hydrogen-bond donors (Lipinski definition) is 0. The molecule has 0 atom stereocenters. The minimum Gasteiger partial charge on any atom is -0.496 e. The third-order valence-electron chi connectivity index (χ3n) is 3.29. The fraction of sp³-hybridized carbons (Fsp3) is 0.412. The smallest absolute Gasteiger partial charge is 0.173 e. The van der Waals surface area contributed by atoms with Crippen LogP contribution in [0.5, 0.6) is 5.75 Å². The molecule has 1 aromatic heterocycles. The molecule has 2 aromatic rings. The Labute approximate surface area is 130 Å². The molecule has 0 radical (unpaired) electrons. The van der Waals surface area contributed by atoms with E-state index in [1.54, 1.807) is 18.4 Å². The fourth-order valence-electron chi connectivity index (χ4n) is 2.00. The van der Waals surface area contributed by atoms with Gasteiger partial charge in [-0.05, 0) is 24.6 Å². The van der Waals surface area contributed by atoms with Gasteiger partial charge in [-0.1, -0.05) is 26.8 Å². The largest absolute Gasteiger partial charge is 0.496 e. The van der Waals surface area contributed by atoms with E-state index in [-0.39, 0.29) is 11.2 Å². The van der Waals surface area contributed by atoms with Crippen molar-refractivity contribution in [1.82, 2.24) is 4.98 Å². The zero-order chi connectivity index (χ0) is 15.6. The lowest BCUT2D eigenvalue weighted by Gasteiger charge is -2.14. The molecule has 2 rings (SSSR count). The van der Waals surface area contributed by atoms with Crippen LogP contribution in [0.3, 0.4) is 0 Å². The maximum atomic E-state index is 12.5. The van der Waals surface area contributed by atoms with Crippen molar-refractivity contribution >= 4 is 17.1 Å². The van der Waals surface area contributed by atoms with Gasteiger partial charge in [0, 0.05) is 10.8 Å².